The van der Waals surface area contributed by atoms with Crippen molar-refractivity contribution in [2.24, 2.45) is 0 Å². The number of benzene rings is 2. The Kier molecular flexibility index (Phi) is 11.6. The molecule has 3 saturated heterocycles. The van der Waals surface area contributed by atoms with Gasteiger partial charge in [0.15, 0.2) is 6.29 Å². The minimum atomic E-state index is -0.800. The van der Waals surface area contributed by atoms with E-state index in [9.17, 15) is 14.7 Å². The lowest BCUT2D eigenvalue weighted by molar-refractivity contribution is -0.253. The van der Waals surface area contributed by atoms with Gasteiger partial charge in [0.1, 0.15) is 0 Å². The zero-order valence-corrected chi connectivity index (χ0v) is 25.2. The molecule has 0 bridgehead atoms. The molecule has 0 spiro atoms. The predicted octanol–water partition coefficient (Wildman–Crippen LogP) is 5.26. The van der Waals surface area contributed by atoms with E-state index in [4.69, 9.17) is 14.6 Å². The Balaban J connectivity index is 1.22. The summed E-state index contributed by atoms with van der Waals surface area (Å²) >= 11 is 0. The minimum Gasteiger partial charge on any atom is -0.481 e. The van der Waals surface area contributed by atoms with Crippen LogP contribution in [0.15, 0.2) is 48.5 Å². The van der Waals surface area contributed by atoms with Gasteiger partial charge >= 0.3 is 5.97 Å². The Labute approximate surface area is 255 Å². The summed E-state index contributed by atoms with van der Waals surface area (Å²) in [5.74, 6) is -0.876. The molecule has 3 aliphatic heterocycles. The summed E-state index contributed by atoms with van der Waals surface area (Å²) in [4.78, 5) is 28.3. The van der Waals surface area contributed by atoms with Crippen molar-refractivity contribution in [1.29, 1.82) is 0 Å². The second-order valence-corrected chi connectivity index (χ2v) is 12.3. The molecular formula is C34H47N3O6. The molecule has 2 aromatic carbocycles. The average molecular weight is 594 g/mol. The number of likely N-dealkylation sites (tertiary alicyclic amines) is 2. The number of amides is 1. The van der Waals surface area contributed by atoms with Gasteiger partial charge in [-0.25, -0.2) is 0 Å². The van der Waals surface area contributed by atoms with Crippen LogP contribution in [-0.2, 0) is 25.7 Å². The van der Waals surface area contributed by atoms with Crippen molar-refractivity contribution in [3.8, 4) is 0 Å². The number of unbranched alkanes of at least 4 members (excludes halogenated alkanes) is 2. The Hall–Kier alpha value is -2.82. The molecule has 0 radical (unpaired) electrons. The largest absolute Gasteiger partial charge is 0.481 e. The van der Waals surface area contributed by atoms with Crippen molar-refractivity contribution in [2.45, 2.75) is 95.4 Å². The second kappa shape index (κ2) is 15.8. The van der Waals surface area contributed by atoms with Gasteiger partial charge in [-0.15, -0.1) is 0 Å². The Morgan fingerprint density at radius 1 is 0.837 bits per heavy atom. The summed E-state index contributed by atoms with van der Waals surface area (Å²) < 4.78 is 13.2. The number of hydrogen-bond acceptors (Lipinski definition) is 7. The van der Waals surface area contributed by atoms with Gasteiger partial charge in [-0.2, -0.15) is 0 Å². The number of aliphatic carboxylic acids is 1. The molecular weight excluding hydrogens is 546 g/mol. The van der Waals surface area contributed by atoms with E-state index in [1.165, 1.54) is 38.8 Å². The van der Waals surface area contributed by atoms with Crippen LogP contribution in [0.25, 0.3) is 0 Å². The lowest BCUT2D eigenvalue weighted by Gasteiger charge is -2.39. The number of aliphatic hydroxyl groups excluding tert-OH is 1. The number of carboxylic acid groups (broad SMARTS) is 1. The third kappa shape index (κ3) is 9.33. The van der Waals surface area contributed by atoms with Crippen LogP contribution >= 0.6 is 0 Å². The van der Waals surface area contributed by atoms with Gasteiger partial charge in [-0.05, 0) is 81.4 Å². The molecule has 0 unspecified atom stereocenters. The normalized spacial score (nSPS) is 24.8. The number of rotatable bonds is 14. The van der Waals surface area contributed by atoms with Gasteiger partial charge in [0, 0.05) is 49.6 Å². The standard InChI is InChI=1S/C34H47N3O6/c38-24-25-10-12-26(13-11-25)31-21-30(23-37-20-6-7-29(37)22-36-18-4-5-19-36)42-34(43-31)27-14-16-28(17-15-27)35-32(39)8-2-1-3-9-33(40)41/h10-17,29-31,34,38H,1-9,18-24H2,(H,35,39)(H,40,41)/t29-,30+,31-,34-/m0/s1. The van der Waals surface area contributed by atoms with E-state index in [1.54, 1.807) is 0 Å². The Morgan fingerprint density at radius 3 is 2.28 bits per heavy atom. The van der Waals surface area contributed by atoms with Crippen molar-refractivity contribution < 1.29 is 29.3 Å². The van der Waals surface area contributed by atoms with Crippen LogP contribution in [0.5, 0.6) is 0 Å². The number of carbonyl (C=O) groups excluding carboxylic acids is 1. The first-order valence-electron chi connectivity index (χ1n) is 16.1. The molecule has 4 atom stereocenters. The predicted molar refractivity (Wildman–Crippen MR) is 164 cm³/mol. The first-order valence-corrected chi connectivity index (χ1v) is 16.1. The molecule has 2 aromatic rings. The Morgan fingerprint density at radius 2 is 1.56 bits per heavy atom. The monoisotopic (exact) mass is 593 g/mol. The van der Waals surface area contributed by atoms with Crippen LogP contribution in [0.4, 0.5) is 5.69 Å². The highest BCUT2D eigenvalue weighted by atomic mass is 16.7. The van der Waals surface area contributed by atoms with Crippen molar-refractivity contribution in [3.63, 3.8) is 0 Å². The maximum absolute atomic E-state index is 12.4. The van der Waals surface area contributed by atoms with Gasteiger partial charge in [-0.3, -0.25) is 14.5 Å². The number of carboxylic acids is 1. The SMILES string of the molecule is O=C(O)CCCCCC(=O)Nc1ccc([C@H]2O[C@@H](CN3CCC[C@H]3CN3CCCC3)C[C@@H](c3ccc(CO)cc3)O2)cc1. The third-order valence-electron chi connectivity index (χ3n) is 8.98. The fourth-order valence-electron chi connectivity index (χ4n) is 6.59. The molecule has 3 N–H and O–H groups in total. The number of aliphatic hydroxyl groups is 1. The molecule has 9 heteroatoms. The van der Waals surface area contributed by atoms with Crippen molar-refractivity contribution in [1.82, 2.24) is 9.80 Å². The number of ether oxygens (including phenoxy) is 2. The lowest BCUT2D eigenvalue weighted by atomic mass is 9.99. The minimum absolute atomic E-state index is 0.0148. The molecule has 43 heavy (non-hydrogen) atoms. The van der Waals surface area contributed by atoms with Gasteiger partial charge in [-0.1, -0.05) is 42.8 Å². The third-order valence-corrected chi connectivity index (χ3v) is 8.98. The molecule has 0 saturated carbocycles. The van der Waals surface area contributed by atoms with Crippen LogP contribution < -0.4 is 5.32 Å². The molecule has 5 rings (SSSR count). The van der Waals surface area contributed by atoms with Gasteiger partial charge in [0.25, 0.3) is 0 Å². The summed E-state index contributed by atoms with van der Waals surface area (Å²) in [5, 5.41) is 21.2. The van der Waals surface area contributed by atoms with Crippen molar-refractivity contribution in [3.05, 3.63) is 65.2 Å². The van der Waals surface area contributed by atoms with E-state index < -0.39 is 12.3 Å². The fourth-order valence-corrected chi connectivity index (χ4v) is 6.59. The molecule has 234 valence electrons. The molecule has 9 nitrogen and oxygen atoms in total. The maximum atomic E-state index is 12.4. The summed E-state index contributed by atoms with van der Waals surface area (Å²) in [6.45, 7) is 5.58. The highest BCUT2D eigenvalue weighted by Gasteiger charge is 2.36. The summed E-state index contributed by atoms with van der Waals surface area (Å²) in [6, 6.07) is 16.2. The van der Waals surface area contributed by atoms with Crippen LogP contribution in [-0.4, -0.2) is 76.8 Å². The molecule has 1 amide bonds. The summed E-state index contributed by atoms with van der Waals surface area (Å²) in [6.07, 6.45) is 7.69. The highest BCUT2D eigenvalue weighted by Crippen LogP contribution is 2.39. The lowest BCUT2D eigenvalue weighted by Crippen LogP contribution is -2.45. The van der Waals surface area contributed by atoms with Crippen LogP contribution in [0.2, 0.25) is 0 Å². The van der Waals surface area contributed by atoms with E-state index in [0.717, 1.165) is 49.2 Å². The highest BCUT2D eigenvalue weighted by molar-refractivity contribution is 5.90. The van der Waals surface area contributed by atoms with E-state index in [2.05, 4.69) is 15.1 Å². The van der Waals surface area contributed by atoms with E-state index >= 15 is 0 Å². The van der Waals surface area contributed by atoms with E-state index in [1.807, 2.05) is 48.5 Å². The van der Waals surface area contributed by atoms with Crippen molar-refractivity contribution >= 4 is 17.6 Å². The summed E-state index contributed by atoms with van der Waals surface area (Å²) in [7, 11) is 0. The molecule has 3 heterocycles. The molecule has 0 aromatic heterocycles. The number of nitrogens with zero attached hydrogens (tertiary/aromatic N) is 2. The first kappa shape index (κ1) is 31.6. The smallest absolute Gasteiger partial charge is 0.303 e. The molecule has 0 aliphatic carbocycles. The number of carbonyl (C=O) groups is 2. The van der Waals surface area contributed by atoms with E-state index in [0.29, 0.717) is 31.0 Å². The maximum Gasteiger partial charge on any atom is 0.303 e. The number of anilines is 1. The van der Waals surface area contributed by atoms with Crippen molar-refractivity contribution in [2.75, 3.05) is 38.0 Å². The Bertz CT molecular complexity index is 1170. The second-order valence-electron chi connectivity index (χ2n) is 12.3. The first-order chi connectivity index (χ1) is 21.0. The van der Waals surface area contributed by atoms with Gasteiger partial charge in [0.05, 0.1) is 18.8 Å². The fraction of sp³-hybridized carbons (Fsp3) is 0.588. The molecule has 3 fully saturated rings. The zero-order valence-electron chi connectivity index (χ0n) is 25.2. The average Bonchev–Trinajstić information content (AvgIpc) is 3.69. The number of nitrogens with one attached hydrogen (secondary N) is 1. The molecule has 3 aliphatic rings. The van der Waals surface area contributed by atoms with Gasteiger partial charge in [0.2, 0.25) is 5.91 Å². The quantitative estimate of drug-likeness (QED) is 0.255. The van der Waals surface area contributed by atoms with E-state index in [-0.39, 0.29) is 31.1 Å². The summed E-state index contributed by atoms with van der Waals surface area (Å²) in [5.41, 5.74) is 3.58. The zero-order chi connectivity index (χ0) is 30.0. The van der Waals surface area contributed by atoms with Crippen LogP contribution in [0.1, 0.15) is 93.3 Å². The topological polar surface area (TPSA) is 112 Å². The van der Waals surface area contributed by atoms with Crippen LogP contribution in [0.3, 0.4) is 0 Å². The van der Waals surface area contributed by atoms with Gasteiger partial charge < -0.3 is 29.9 Å². The number of hydrogen-bond donors (Lipinski definition) is 3. The van der Waals surface area contributed by atoms with Crippen LogP contribution in [0, 0.1) is 0 Å².